The molecule has 3 heteroatoms. The van der Waals surface area contributed by atoms with Gasteiger partial charge in [0, 0.05) is 11.1 Å². The number of halogens is 1. The van der Waals surface area contributed by atoms with Gasteiger partial charge in [0.15, 0.2) is 5.76 Å². The lowest BCUT2D eigenvalue weighted by Crippen LogP contribution is -1.79. The van der Waals surface area contributed by atoms with Gasteiger partial charge in [-0.15, -0.1) is 0 Å². The number of fused-ring (bicyclic) bond motifs is 1. The van der Waals surface area contributed by atoms with E-state index < -0.39 is 0 Å². The highest BCUT2D eigenvalue weighted by Crippen LogP contribution is 2.31. The fourth-order valence-electron chi connectivity index (χ4n) is 2.86. The van der Waals surface area contributed by atoms with Crippen LogP contribution in [-0.2, 0) is 0 Å². The van der Waals surface area contributed by atoms with Crippen LogP contribution in [0.15, 0.2) is 59.0 Å². The summed E-state index contributed by atoms with van der Waals surface area (Å²) >= 11 is 0. The number of aromatic nitrogens is 1. The van der Waals surface area contributed by atoms with Gasteiger partial charge in [-0.2, -0.15) is 0 Å². The number of furan rings is 1. The first-order chi connectivity index (χ1) is 11.1. The average Bonchev–Trinajstić information content (AvgIpc) is 3.14. The molecule has 23 heavy (non-hydrogen) atoms. The first kappa shape index (κ1) is 13.8. The fourth-order valence-corrected chi connectivity index (χ4v) is 2.86. The van der Waals surface area contributed by atoms with Crippen LogP contribution < -0.4 is 0 Å². The molecule has 0 radical (unpaired) electrons. The molecule has 0 saturated heterocycles. The molecule has 0 aliphatic carbocycles. The van der Waals surface area contributed by atoms with Crippen LogP contribution in [0.4, 0.5) is 4.39 Å². The molecule has 0 fully saturated rings. The first-order valence-electron chi connectivity index (χ1n) is 7.56. The molecule has 2 aromatic heterocycles. The summed E-state index contributed by atoms with van der Waals surface area (Å²) in [6.07, 6.45) is 0. The third-order valence-corrected chi connectivity index (χ3v) is 4.08. The molecular weight excluding hydrogens is 289 g/mol. The Bertz CT molecular complexity index is 992. The Labute approximate surface area is 133 Å². The van der Waals surface area contributed by atoms with E-state index in [1.165, 1.54) is 17.7 Å². The van der Waals surface area contributed by atoms with E-state index in [9.17, 15) is 4.39 Å². The second kappa shape index (κ2) is 5.13. The number of rotatable bonds is 2. The number of H-pyrrole nitrogens is 1. The van der Waals surface area contributed by atoms with Crippen LogP contribution in [0.2, 0.25) is 0 Å². The number of benzene rings is 2. The van der Waals surface area contributed by atoms with Crippen molar-refractivity contribution in [2.45, 2.75) is 13.8 Å². The van der Waals surface area contributed by atoms with Gasteiger partial charge >= 0.3 is 0 Å². The largest absolute Gasteiger partial charge is 0.454 e. The summed E-state index contributed by atoms with van der Waals surface area (Å²) in [5.74, 6) is 0.473. The van der Waals surface area contributed by atoms with E-state index in [0.717, 1.165) is 33.5 Å². The summed E-state index contributed by atoms with van der Waals surface area (Å²) in [7, 11) is 0. The molecule has 2 heterocycles. The Morgan fingerprint density at radius 3 is 2.39 bits per heavy atom. The van der Waals surface area contributed by atoms with Crippen molar-refractivity contribution in [3.05, 3.63) is 71.5 Å². The smallest absolute Gasteiger partial charge is 0.151 e. The first-order valence-corrected chi connectivity index (χ1v) is 7.56. The van der Waals surface area contributed by atoms with E-state index in [0.29, 0.717) is 5.76 Å². The van der Waals surface area contributed by atoms with Crippen LogP contribution in [0.1, 0.15) is 11.1 Å². The molecular formula is C20H16FNO. The van der Waals surface area contributed by atoms with Crippen molar-refractivity contribution < 1.29 is 8.81 Å². The zero-order chi connectivity index (χ0) is 16.0. The van der Waals surface area contributed by atoms with Gasteiger partial charge in [0.05, 0.1) is 5.69 Å². The van der Waals surface area contributed by atoms with Gasteiger partial charge < -0.3 is 9.40 Å². The van der Waals surface area contributed by atoms with Crippen molar-refractivity contribution >= 4 is 11.0 Å². The monoisotopic (exact) mass is 305 g/mol. The average molecular weight is 305 g/mol. The van der Waals surface area contributed by atoms with Crippen LogP contribution >= 0.6 is 0 Å². The van der Waals surface area contributed by atoms with Crippen LogP contribution in [-0.4, -0.2) is 4.98 Å². The quantitative estimate of drug-likeness (QED) is 0.494. The number of aryl methyl sites for hydroxylation is 2. The molecule has 0 unspecified atom stereocenters. The summed E-state index contributed by atoms with van der Waals surface area (Å²) in [5, 5.41) is 0.781. The van der Waals surface area contributed by atoms with Gasteiger partial charge in [0.2, 0.25) is 0 Å². The maximum atomic E-state index is 13.5. The van der Waals surface area contributed by atoms with E-state index in [4.69, 9.17) is 4.42 Å². The zero-order valence-corrected chi connectivity index (χ0v) is 13.0. The van der Waals surface area contributed by atoms with Gasteiger partial charge in [0.25, 0.3) is 0 Å². The van der Waals surface area contributed by atoms with Crippen LogP contribution in [0.25, 0.3) is 33.7 Å². The summed E-state index contributed by atoms with van der Waals surface area (Å²) in [5.41, 5.74) is 5.81. The van der Waals surface area contributed by atoms with Gasteiger partial charge in [-0.1, -0.05) is 29.8 Å². The predicted molar refractivity (Wildman–Crippen MR) is 90.9 cm³/mol. The van der Waals surface area contributed by atoms with Crippen LogP contribution in [0.3, 0.4) is 0 Å². The minimum atomic E-state index is -0.241. The minimum Gasteiger partial charge on any atom is -0.454 e. The summed E-state index contributed by atoms with van der Waals surface area (Å²) in [6.45, 7) is 3.92. The van der Waals surface area contributed by atoms with Crippen molar-refractivity contribution in [2.24, 2.45) is 0 Å². The Morgan fingerprint density at radius 1 is 0.870 bits per heavy atom. The van der Waals surface area contributed by atoms with Gasteiger partial charge in [-0.3, -0.25) is 0 Å². The number of aromatic amines is 1. The molecule has 0 bridgehead atoms. The third kappa shape index (κ3) is 2.44. The predicted octanol–water partition coefficient (Wildman–Crippen LogP) is 5.85. The van der Waals surface area contributed by atoms with E-state index in [-0.39, 0.29) is 5.82 Å². The second-order valence-corrected chi connectivity index (χ2v) is 5.90. The van der Waals surface area contributed by atoms with Gasteiger partial charge in [0.1, 0.15) is 11.4 Å². The van der Waals surface area contributed by atoms with E-state index in [1.54, 1.807) is 0 Å². The van der Waals surface area contributed by atoms with Crippen molar-refractivity contribution in [1.82, 2.24) is 4.98 Å². The summed E-state index contributed by atoms with van der Waals surface area (Å²) < 4.78 is 19.4. The third-order valence-electron chi connectivity index (χ3n) is 4.08. The SMILES string of the molecule is Cc1ccc(-c2ccc(-c3cc4cc(F)cc(C)c4o3)[nH]2)cc1. The molecule has 114 valence electrons. The number of hydrogen-bond donors (Lipinski definition) is 1. The van der Waals surface area contributed by atoms with Crippen molar-refractivity contribution in [2.75, 3.05) is 0 Å². The van der Waals surface area contributed by atoms with E-state index in [1.807, 2.05) is 25.1 Å². The fraction of sp³-hybridized carbons (Fsp3) is 0.100. The van der Waals surface area contributed by atoms with E-state index >= 15 is 0 Å². The lowest BCUT2D eigenvalue weighted by Gasteiger charge is -1.99. The number of nitrogens with one attached hydrogen (secondary N) is 1. The molecule has 2 aromatic carbocycles. The van der Waals surface area contributed by atoms with Crippen LogP contribution in [0, 0.1) is 19.7 Å². The van der Waals surface area contributed by atoms with Crippen molar-refractivity contribution in [1.29, 1.82) is 0 Å². The lowest BCUT2D eigenvalue weighted by atomic mass is 10.1. The zero-order valence-electron chi connectivity index (χ0n) is 13.0. The molecule has 0 atom stereocenters. The Kier molecular flexibility index (Phi) is 3.08. The van der Waals surface area contributed by atoms with Crippen molar-refractivity contribution in [3.8, 4) is 22.7 Å². The molecule has 0 amide bonds. The molecule has 4 rings (SSSR count). The molecule has 0 aliphatic heterocycles. The topological polar surface area (TPSA) is 28.9 Å². The summed E-state index contributed by atoms with van der Waals surface area (Å²) in [6, 6.07) is 17.2. The molecule has 4 aromatic rings. The molecule has 0 spiro atoms. The highest BCUT2D eigenvalue weighted by molar-refractivity contribution is 5.85. The molecule has 0 aliphatic rings. The highest BCUT2D eigenvalue weighted by atomic mass is 19.1. The maximum absolute atomic E-state index is 13.5. The molecule has 0 saturated carbocycles. The Balaban J connectivity index is 1.77. The molecule has 1 N–H and O–H groups in total. The van der Waals surface area contributed by atoms with Crippen LogP contribution in [0.5, 0.6) is 0 Å². The highest BCUT2D eigenvalue weighted by Gasteiger charge is 2.11. The molecule has 2 nitrogen and oxygen atoms in total. The Morgan fingerprint density at radius 2 is 1.61 bits per heavy atom. The standard InChI is InChI=1S/C20H16FNO/c1-12-3-5-14(6-4-12)17-7-8-18(22-17)19-11-15-10-16(21)9-13(2)20(15)23-19/h3-11,22H,1-2H3. The van der Waals surface area contributed by atoms with Gasteiger partial charge in [-0.25, -0.2) is 4.39 Å². The van der Waals surface area contributed by atoms with Gasteiger partial charge in [-0.05, 0) is 55.3 Å². The Hall–Kier alpha value is -2.81. The number of hydrogen-bond acceptors (Lipinski definition) is 1. The van der Waals surface area contributed by atoms with E-state index in [2.05, 4.69) is 36.2 Å². The second-order valence-electron chi connectivity index (χ2n) is 5.90. The normalized spacial score (nSPS) is 11.3. The summed E-state index contributed by atoms with van der Waals surface area (Å²) in [4.78, 5) is 3.37. The van der Waals surface area contributed by atoms with Crippen molar-refractivity contribution in [3.63, 3.8) is 0 Å². The minimum absolute atomic E-state index is 0.241. The maximum Gasteiger partial charge on any atom is 0.151 e. The lowest BCUT2D eigenvalue weighted by molar-refractivity contribution is 0.614.